The number of thiazole rings is 1. The highest BCUT2D eigenvalue weighted by molar-refractivity contribution is 7.13. The highest BCUT2D eigenvalue weighted by atomic mass is 32.1. The molecular weight excluding hydrogens is 373 g/mol. The summed E-state index contributed by atoms with van der Waals surface area (Å²) >= 11 is 1.73. The molecule has 3 rings (SSSR count). The molecule has 0 saturated carbocycles. The normalized spacial score (nSPS) is 15.1. The topological polar surface area (TPSA) is 52.6 Å². The van der Waals surface area contributed by atoms with Gasteiger partial charge in [-0.3, -0.25) is 4.99 Å². The van der Waals surface area contributed by atoms with E-state index in [0.717, 1.165) is 48.4 Å². The molecule has 2 aromatic rings. The summed E-state index contributed by atoms with van der Waals surface area (Å²) in [6, 6.07) is 6.78. The van der Waals surface area contributed by atoms with Gasteiger partial charge < -0.3 is 15.5 Å². The third-order valence-electron chi connectivity index (χ3n) is 5.12. The summed E-state index contributed by atoms with van der Waals surface area (Å²) < 4.78 is 13.5. The highest BCUT2D eigenvalue weighted by Gasteiger charge is 2.21. The molecule has 0 bridgehead atoms. The summed E-state index contributed by atoms with van der Waals surface area (Å²) in [6.45, 7) is 7.87. The van der Waals surface area contributed by atoms with E-state index in [-0.39, 0.29) is 11.2 Å². The van der Waals surface area contributed by atoms with Crippen LogP contribution in [0, 0.1) is 5.82 Å². The largest absolute Gasteiger partial charge is 0.356 e. The maximum atomic E-state index is 13.5. The molecule has 28 heavy (non-hydrogen) atoms. The van der Waals surface area contributed by atoms with Crippen molar-refractivity contribution in [1.29, 1.82) is 0 Å². The molecule has 0 spiro atoms. The summed E-state index contributed by atoms with van der Waals surface area (Å²) in [5.74, 6) is 0.545. The van der Waals surface area contributed by atoms with Gasteiger partial charge in [0.25, 0.3) is 0 Å². The Labute approximate surface area is 171 Å². The molecule has 1 aliphatic heterocycles. The number of anilines is 1. The van der Waals surface area contributed by atoms with E-state index >= 15 is 0 Å². The van der Waals surface area contributed by atoms with Gasteiger partial charge in [0.15, 0.2) is 11.1 Å². The number of halogens is 1. The van der Waals surface area contributed by atoms with Crippen molar-refractivity contribution in [2.24, 2.45) is 4.99 Å². The van der Waals surface area contributed by atoms with Gasteiger partial charge in [0.05, 0.1) is 5.69 Å². The number of nitrogens with one attached hydrogen (secondary N) is 2. The summed E-state index contributed by atoms with van der Waals surface area (Å²) in [4.78, 5) is 11.4. The molecule has 5 nitrogen and oxygen atoms in total. The van der Waals surface area contributed by atoms with Crippen molar-refractivity contribution in [3.05, 3.63) is 46.7 Å². The smallest absolute Gasteiger partial charge is 0.191 e. The average molecular weight is 404 g/mol. The average Bonchev–Trinajstić information content (AvgIpc) is 3.36. The molecule has 0 radical (unpaired) electrons. The van der Waals surface area contributed by atoms with E-state index in [0.29, 0.717) is 6.54 Å². The maximum absolute atomic E-state index is 13.5. The number of rotatable bonds is 7. The Kier molecular flexibility index (Phi) is 6.88. The van der Waals surface area contributed by atoms with Crippen molar-refractivity contribution in [3.8, 4) is 0 Å². The fraction of sp³-hybridized carbons (Fsp3) is 0.524. The van der Waals surface area contributed by atoms with Gasteiger partial charge in [-0.1, -0.05) is 26.0 Å². The van der Waals surface area contributed by atoms with Crippen molar-refractivity contribution in [3.63, 3.8) is 0 Å². The van der Waals surface area contributed by atoms with Crippen LogP contribution in [0.15, 0.2) is 34.6 Å². The predicted octanol–water partition coefficient (Wildman–Crippen LogP) is 3.57. The number of hydrogen-bond acceptors (Lipinski definition) is 4. The quantitative estimate of drug-likeness (QED) is 0.548. The molecule has 0 amide bonds. The van der Waals surface area contributed by atoms with Gasteiger partial charge in [0.1, 0.15) is 5.82 Å². The Morgan fingerprint density at radius 3 is 2.79 bits per heavy atom. The number of aromatic nitrogens is 1. The van der Waals surface area contributed by atoms with Gasteiger partial charge in [-0.25, -0.2) is 9.37 Å². The van der Waals surface area contributed by atoms with Crippen molar-refractivity contribution in [1.82, 2.24) is 15.6 Å². The summed E-state index contributed by atoms with van der Waals surface area (Å²) in [5.41, 5.74) is 1.88. The van der Waals surface area contributed by atoms with Crippen LogP contribution in [0.5, 0.6) is 0 Å². The minimum absolute atomic E-state index is 0.204. The Bertz CT molecular complexity index is 796. The number of hydrogen-bond donors (Lipinski definition) is 2. The van der Waals surface area contributed by atoms with E-state index in [2.05, 4.69) is 39.8 Å². The fourth-order valence-electron chi connectivity index (χ4n) is 3.31. The number of guanidine groups is 1. The SMILES string of the molecule is CN=C(NCCc1csc(N2CCCC2)n1)NCC(C)(C)c1cccc(F)c1. The zero-order valence-electron chi connectivity index (χ0n) is 17.0. The van der Waals surface area contributed by atoms with Gasteiger partial charge in [0, 0.05) is 50.4 Å². The van der Waals surface area contributed by atoms with E-state index < -0.39 is 0 Å². The molecule has 2 heterocycles. The Morgan fingerprint density at radius 1 is 1.29 bits per heavy atom. The molecule has 1 saturated heterocycles. The molecule has 152 valence electrons. The van der Waals surface area contributed by atoms with E-state index in [1.165, 1.54) is 18.9 Å². The molecule has 0 aliphatic carbocycles. The van der Waals surface area contributed by atoms with Crippen LogP contribution in [0.4, 0.5) is 9.52 Å². The Hall–Kier alpha value is -2.15. The number of aliphatic imine (C=N–C) groups is 1. The van der Waals surface area contributed by atoms with Crippen molar-refractivity contribution in [2.45, 2.75) is 38.5 Å². The maximum Gasteiger partial charge on any atom is 0.191 e. The number of benzene rings is 1. The molecule has 1 fully saturated rings. The standard InChI is InChI=1S/C21H30FN5S/c1-21(2,16-7-6-8-17(22)13-16)15-25-19(23-3)24-10-9-18-14-28-20(26-18)27-11-4-5-12-27/h6-8,13-14H,4-5,9-12,15H2,1-3H3,(H2,23,24,25). The van der Waals surface area contributed by atoms with Crippen molar-refractivity contribution >= 4 is 22.4 Å². The minimum atomic E-state index is -0.209. The van der Waals surface area contributed by atoms with Gasteiger partial charge in [0.2, 0.25) is 0 Å². The van der Waals surface area contributed by atoms with Crippen LogP contribution in [-0.4, -0.2) is 44.2 Å². The third kappa shape index (κ3) is 5.44. The van der Waals surface area contributed by atoms with E-state index in [1.54, 1.807) is 30.5 Å². The van der Waals surface area contributed by atoms with E-state index in [9.17, 15) is 4.39 Å². The lowest BCUT2D eigenvalue weighted by Gasteiger charge is -2.26. The summed E-state index contributed by atoms with van der Waals surface area (Å²) in [7, 11) is 1.76. The molecule has 1 aliphatic rings. The molecule has 1 aromatic heterocycles. The summed E-state index contributed by atoms with van der Waals surface area (Å²) in [6.07, 6.45) is 3.40. The lowest BCUT2D eigenvalue weighted by molar-refractivity contribution is 0.503. The fourth-order valence-corrected chi connectivity index (χ4v) is 4.22. The first-order valence-electron chi connectivity index (χ1n) is 9.88. The van der Waals surface area contributed by atoms with Gasteiger partial charge >= 0.3 is 0 Å². The first-order valence-corrected chi connectivity index (χ1v) is 10.8. The molecule has 7 heteroatoms. The van der Waals surface area contributed by atoms with Crippen molar-refractivity contribution in [2.75, 3.05) is 38.1 Å². The van der Waals surface area contributed by atoms with Gasteiger partial charge in [-0.15, -0.1) is 11.3 Å². The first-order chi connectivity index (χ1) is 13.5. The molecular formula is C21H30FN5S. The van der Waals surface area contributed by atoms with Crippen LogP contribution in [0.25, 0.3) is 0 Å². The van der Waals surface area contributed by atoms with Crippen LogP contribution >= 0.6 is 11.3 Å². The predicted molar refractivity (Wildman–Crippen MR) is 116 cm³/mol. The lowest BCUT2D eigenvalue weighted by Crippen LogP contribution is -2.44. The Balaban J connectivity index is 1.46. The lowest BCUT2D eigenvalue weighted by atomic mass is 9.84. The molecule has 0 unspecified atom stereocenters. The second-order valence-electron chi connectivity index (χ2n) is 7.81. The van der Waals surface area contributed by atoms with Crippen LogP contribution < -0.4 is 15.5 Å². The molecule has 1 aromatic carbocycles. The zero-order chi connectivity index (χ0) is 20.0. The Morgan fingerprint density at radius 2 is 2.07 bits per heavy atom. The molecule has 0 atom stereocenters. The van der Waals surface area contributed by atoms with Crippen LogP contribution in [0.2, 0.25) is 0 Å². The van der Waals surface area contributed by atoms with Gasteiger partial charge in [-0.05, 0) is 30.5 Å². The van der Waals surface area contributed by atoms with E-state index in [1.807, 2.05) is 6.07 Å². The summed E-state index contributed by atoms with van der Waals surface area (Å²) in [5, 5.41) is 10.00. The zero-order valence-corrected chi connectivity index (χ0v) is 17.8. The van der Waals surface area contributed by atoms with Crippen LogP contribution in [0.1, 0.15) is 37.9 Å². The first kappa shape index (κ1) is 20.6. The molecule has 2 N–H and O–H groups in total. The second-order valence-corrected chi connectivity index (χ2v) is 8.65. The van der Waals surface area contributed by atoms with Crippen molar-refractivity contribution < 1.29 is 4.39 Å². The van der Waals surface area contributed by atoms with E-state index in [4.69, 9.17) is 4.98 Å². The van der Waals surface area contributed by atoms with Crippen LogP contribution in [0.3, 0.4) is 0 Å². The van der Waals surface area contributed by atoms with Gasteiger partial charge in [-0.2, -0.15) is 0 Å². The minimum Gasteiger partial charge on any atom is -0.356 e. The third-order valence-corrected chi connectivity index (χ3v) is 6.07. The van der Waals surface area contributed by atoms with Crippen LogP contribution in [-0.2, 0) is 11.8 Å². The monoisotopic (exact) mass is 403 g/mol. The second kappa shape index (κ2) is 9.37. The highest BCUT2D eigenvalue weighted by Crippen LogP contribution is 2.24. The number of nitrogens with zero attached hydrogens (tertiary/aromatic N) is 3.